The molecule has 5 heteroatoms. The first-order chi connectivity index (χ1) is 9.59. The number of hydrogen-bond donors (Lipinski definition) is 0. The lowest BCUT2D eigenvalue weighted by molar-refractivity contribution is 0.392. The minimum atomic E-state index is -3.28. The van der Waals surface area contributed by atoms with Crippen molar-refractivity contribution in [3.8, 4) is 0 Å². The summed E-state index contributed by atoms with van der Waals surface area (Å²) in [5.74, 6) is 1.26. The molecule has 2 bridgehead atoms. The quantitative estimate of drug-likeness (QED) is 0.795. The molecule has 0 unspecified atom stereocenters. The van der Waals surface area contributed by atoms with Crippen molar-refractivity contribution in [3.05, 3.63) is 35.9 Å². The van der Waals surface area contributed by atoms with Crippen LogP contribution in [0, 0.1) is 11.8 Å². The first kappa shape index (κ1) is 12.8. The van der Waals surface area contributed by atoms with Crippen LogP contribution in [-0.4, -0.2) is 36.2 Å². The van der Waals surface area contributed by atoms with Gasteiger partial charge < -0.3 is 0 Å². The third kappa shape index (κ3) is 1.76. The van der Waals surface area contributed by atoms with E-state index in [9.17, 15) is 8.42 Å². The Kier molecular flexibility index (Phi) is 2.75. The molecule has 1 heterocycles. The smallest absolute Gasteiger partial charge is 0.195 e. The molecule has 2 aliphatic carbocycles. The molecule has 4 rings (SSSR count). The van der Waals surface area contributed by atoms with Gasteiger partial charge in [0, 0.05) is 25.7 Å². The van der Waals surface area contributed by atoms with Gasteiger partial charge in [0.05, 0.1) is 0 Å². The molecule has 4 atom stereocenters. The standard InChI is InChI=1S/C15H20N2O2S/c1-16(10-11-5-3-2-4-6-11)20(18,19)17-14-12-7-8-13(9-12)15(14)17/h2-6,12-15H,7-10H2,1H3/t12-,13-,14-,15-/m0/s1. The second kappa shape index (κ2) is 4.29. The SMILES string of the molecule is CN(Cc1ccccc1)S(=O)(=O)N1[C@H]2[C@H]3CC[C@@H](C3)[C@@H]21. The Morgan fingerprint density at radius 2 is 1.75 bits per heavy atom. The Morgan fingerprint density at radius 3 is 2.35 bits per heavy atom. The molecule has 1 aliphatic heterocycles. The highest BCUT2D eigenvalue weighted by molar-refractivity contribution is 7.87. The van der Waals surface area contributed by atoms with Crippen molar-refractivity contribution in [2.24, 2.45) is 11.8 Å². The summed E-state index contributed by atoms with van der Waals surface area (Å²) in [6.45, 7) is 0.453. The van der Waals surface area contributed by atoms with Crippen molar-refractivity contribution in [1.82, 2.24) is 8.61 Å². The van der Waals surface area contributed by atoms with Gasteiger partial charge >= 0.3 is 0 Å². The van der Waals surface area contributed by atoms with Gasteiger partial charge in [0.25, 0.3) is 10.2 Å². The zero-order chi connectivity index (χ0) is 13.9. The van der Waals surface area contributed by atoms with Gasteiger partial charge in [0.15, 0.2) is 0 Å². The van der Waals surface area contributed by atoms with Crippen molar-refractivity contribution in [1.29, 1.82) is 0 Å². The second-order valence-electron chi connectivity index (χ2n) is 6.39. The number of piperidine rings is 1. The second-order valence-corrected chi connectivity index (χ2v) is 8.33. The highest BCUT2D eigenvalue weighted by atomic mass is 32.2. The van der Waals surface area contributed by atoms with Gasteiger partial charge in [-0.1, -0.05) is 30.3 Å². The minimum Gasteiger partial charge on any atom is -0.195 e. The van der Waals surface area contributed by atoms with E-state index in [0.29, 0.717) is 30.5 Å². The molecule has 1 aromatic rings. The van der Waals surface area contributed by atoms with Gasteiger partial charge in [-0.15, -0.1) is 0 Å². The fraction of sp³-hybridized carbons (Fsp3) is 0.600. The first-order valence-electron chi connectivity index (χ1n) is 7.38. The molecule has 3 fully saturated rings. The highest BCUT2D eigenvalue weighted by Gasteiger charge is 2.68. The third-order valence-electron chi connectivity index (χ3n) is 5.24. The Hall–Kier alpha value is -0.910. The van der Waals surface area contributed by atoms with Crippen LogP contribution in [-0.2, 0) is 16.8 Å². The van der Waals surface area contributed by atoms with E-state index in [-0.39, 0.29) is 0 Å². The van der Waals surface area contributed by atoms with E-state index in [4.69, 9.17) is 0 Å². The van der Waals surface area contributed by atoms with Crippen LogP contribution in [0.5, 0.6) is 0 Å². The van der Waals surface area contributed by atoms with Crippen LogP contribution in [0.1, 0.15) is 24.8 Å². The van der Waals surface area contributed by atoms with Crippen LogP contribution in [0.15, 0.2) is 30.3 Å². The average Bonchev–Trinajstić information content (AvgIpc) is 2.92. The number of fused-ring (bicyclic) bond motifs is 5. The van der Waals surface area contributed by atoms with Crippen LogP contribution in [0.4, 0.5) is 0 Å². The van der Waals surface area contributed by atoms with E-state index < -0.39 is 10.2 Å². The Labute approximate surface area is 120 Å². The molecule has 0 amide bonds. The molecule has 20 heavy (non-hydrogen) atoms. The van der Waals surface area contributed by atoms with Gasteiger partial charge in [0.2, 0.25) is 0 Å². The van der Waals surface area contributed by atoms with E-state index in [1.807, 2.05) is 30.3 Å². The number of rotatable bonds is 4. The maximum atomic E-state index is 12.7. The first-order valence-corrected chi connectivity index (χ1v) is 8.77. The van der Waals surface area contributed by atoms with Crippen LogP contribution in [0.2, 0.25) is 0 Å². The van der Waals surface area contributed by atoms with Crippen molar-refractivity contribution in [3.63, 3.8) is 0 Å². The molecular weight excluding hydrogens is 272 g/mol. The molecule has 2 saturated carbocycles. The lowest BCUT2D eigenvalue weighted by atomic mass is 10.0. The fourth-order valence-electron chi connectivity index (χ4n) is 4.28. The monoisotopic (exact) mass is 292 g/mol. The van der Waals surface area contributed by atoms with Crippen molar-refractivity contribution < 1.29 is 8.42 Å². The van der Waals surface area contributed by atoms with Crippen LogP contribution in [0.25, 0.3) is 0 Å². The number of nitrogens with zero attached hydrogens (tertiary/aromatic N) is 2. The van der Waals surface area contributed by atoms with E-state index in [1.165, 1.54) is 23.6 Å². The van der Waals surface area contributed by atoms with Gasteiger partial charge in [0.1, 0.15) is 0 Å². The number of benzene rings is 1. The lowest BCUT2D eigenvalue weighted by Gasteiger charge is -2.21. The highest BCUT2D eigenvalue weighted by Crippen LogP contribution is 2.59. The van der Waals surface area contributed by atoms with E-state index in [2.05, 4.69) is 0 Å². The molecular formula is C15H20N2O2S. The van der Waals surface area contributed by atoms with E-state index in [1.54, 1.807) is 11.4 Å². The zero-order valence-corrected chi connectivity index (χ0v) is 12.5. The fourth-order valence-corrected chi connectivity index (χ4v) is 6.07. The van der Waals surface area contributed by atoms with Gasteiger partial charge in [-0.3, -0.25) is 0 Å². The van der Waals surface area contributed by atoms with Crippen LogP contribution < -0.4 is 0 Å². The maximum absolute atomic E-state index is 12.7. The normalized spacial score (nSPS) is 38.2. The predicted molar refractivity (Wildman–Crippen MR) is 77.1 cm³/mol. The topological polar surface area (TPSA) is 40.4 Å². The van der Waals surface area contributed by atoms with Crippen LogP contribution >= 0.6 is 0 Å². The summed E-state index contributed by atoms with van der Waals surface area (Å²) in [5, 5.41) is 0. The minimum absolute atomic E-state index is 0.317. The molecule has 1 aromatic carbocycles. The van der Waals surface area contributed by atoms with Crippen molar-refractivity contribution in [2.45, 2.75) is 37.9 Å². The zero-order valence-electron chi connectivity index (χ0n) is 11.6. The molecule has 108 valence electrons. The van der Waals surface area contributed by atoms with Gasteiger partial charge in [-0.25, -0.2) is 0 Å². The Morgan fingerprint density at radius 1 is 1.15 bits per heavy atom. The largest absolute Gasteiger partial charge is 0.282 e. The molecule has 1 saturated heterocycles. The Balaban J connectivity index is 1.51. The lowest BCUT2D eigenvalue weighted by Crippen LogP contribution is -2.35. The predicted octanol–water partition coefficient (Wildman–Crippen LogP) is 1.85. The molecule has 0 N–H and O–H groups in total. The number of hydrogen-bond acceptors (Lipinski definition) is 2. The molecule has 4 nitrogen and oxygen atoms in total. The molecule has 0 aromatic heterocycles. The summed E-state index contributed by atoms with van der Waals surface area (Å²) in [6.07, 6.45) is 3.70. The summed E-state index contributed by atoms with van der Waals surface area (Å²) < 4.78 is 28.6. The van der Waals surface area contributed by atoms with E-state index >= 15 is 0 Å². The van der Waals surface area contributed by atoms with Gasteiger partial charge in [-0.2, -0.15) is 17.0 Å². The van der Waals surface area contributed by atoms with Crippen LogP contribution in [0.3, 0.4) is 0 Å². The Bertz CT molecular complexity index is 600. The molecule has 0 spiro atoms. The summed E-state index contributed by atoms with van der Waals surface area (Å²) in [7, 11) is -1.59. The van der Waals surface area contributed by atoms with Gasteiger partial charge in [-0.05, 0) is 36.7 Å². The summed E-state index contributed by atoms with van der Waals surface area (Å²) >= 11 is 0. The maximum Gasteiger partial charge on any atom is 0.282 e. The molecule has 3 aliphatic rings. The summed E-state index contributed by atoms with van der Waals surface area (Å²) in [6, 6.07) is 10.4. The van der Waals surface area contributed by atoms with Crippen molar-refractivity contribution in [2.75, 3.05) is 7.05 Å². The van der Waals surface area contributed by atoms with E-state index in [0.717, 1.165) is 5.56 Å². The average molecular weight is 292 g/mol. The summed E-state index contributed by atoms with van der Waals surface area (Å²) in [4.78, 5) is 0. The van der Waals surface area contributed by atoms with Crippen molar-refractivity contribution >= 4 is 10.2 Å². The molecule has 0 radical (unpaired) electrons. The summed E-state index contributed by atoms with van der Waals surface area (Å²) in [5.41, 5.74) is 1.04. The third-order valence-corrected chi connectivity index (χ3v) is 7.17.